The molecule has 0 aliphatic heterocycles. The van der Waals surface area contributed by atoms with Crippen LogP contribution in [0.4, 0.5) is 11.4 Å². The van der Waals surface area contributed by atoms with E-state index in [4.69, 9.17) is 10.5 Å². The Balaban J connectivity index is 2.52. The maximum Gasteiger partial charge on any atom is 0.143 e. The molecule has 1 aromatic rings. The number of nitrogens with zero attached hydrogens (tertiary/aromatic N) is 1. The number of likely N-dealkylation sites (N-methyl/N-ethyl adjacent to an activating group) is 1. The van der Waals surface area contributed by atoms with Gasteiger partial charge in [-0.2, -0.15) is 0 Å². The number of hydrogen-bond acceptors (Lipinski definition) is 4. The monoisotopic (exact) mass is 237 g/mol. The van der Waals surface area contributed by atoms with E-state index in [1.165, 1.54) is 0 Å². The number of ether oxygens (including phenoxy) is 1. The molecule has 0 bridgehead atoms. The second-order valence-electron chi connectivity index (χ2n) is 3.88. The summed E-state index contributed by atoms with van der Waals surface area (Å²) in [5, 5.41) is 3.34. The highest BCUT2D eigenvalue weighted by atomic mass is 16.5. The zero-order valence-electron chi connectivity index (χ0n) is 11.0. The summed E-state index contributed by atoms with van der Waals surface area (Å²) >= 11 is 0. The van der Waals surface area contributed by atoms with E-state index in [0.29, 0.717) is 5.69 Å². The fraction of sp³-hybridized carbons (Fsp3) is 0.538. The van der Waals surface area contributed by atoms with Gasteiger partial charge in [-0.25, -0.2) is 0 Å². The van der Waals surface area contributed by atoms with Crippen molar-refractivity contribution in [1.29, 1.82) is 0 Å². The van der Waals surface area contributed by atoms with Crippen molar-refractivity contribution in [3.63, 3.8) is 0 Å². The first kappa shape index (κ1) is 13.6. The Morgan fingerprint density at radius 2 is 2.00 bits per heavy atom. The minimum atomic E-state index is 0.676. The van der Waals surface area contributed by atoms with Gasteiger partial charge < -0.3 is 20.7 Å². The van der Waals surface area contributed by atoms with Gasteiger partial charge in [0.2, 0.25) is 0 Å². The van der Waals surface area contributed by atoms with E-state index in [0.717, 1.165) is 37.6 Å². The van der Waals surface area contributed by atoms with Crippen molar-refractivity contribution < 1.29 is 4.74 Å². The van der Waals surface area contributed by atoms with Crippen LogP contribution < -0.4 is 15.8 Å². The van der Waals surface area contributed by atoms with Crippen molar-refractivity contribution in [1.82, 2.24) is 4.90 Å². The van der Waals surface area contributed by atoms with Gasteiger partial charge >= 0.3 is 0 Å². The van der Waals surface area contributed by atoms with Gasteiger partial charge in [0.1, 0.15) is 5.75 Å². The molecule has 0 fully saturated rings. The maximum atomic E-state index is 5.97. The third kappa shape index (κ3) is 3.82. The van der Waals surface area contributed by atoms with Crippen LogP contribution in [0.15, 0.2) is 18.2 Å². The molecule has 0 atom stereocenters. The molecule has 3 N–H and O–H groups in total. The standard InChI is InChI=1S/C13H23N3O/c1-4-16(5-2)10-9-15-11-7-6-8-12(17-3)13(11)14/h6-8,15H,4-5,9-10,14H2,1-3H3. The Labute approximate surface area is 104 Å². The van der Waals surface area contributed by atoms with Crippen molar-refractivity contribution in [3.05, 3.63) is 18.2 Å². The topological polar surface area (TPSA) is 50.5 Å². The molecule has 0 radical (unpaired) electrons. The Kier molecular flexibility index (Phi) is 5.63. The third-order valence-corrected chi connectivity index (χ3v) is 2.92. The minimum Gasteiger partial charge on any atom is -0.495 e. The molecule has 0 unspecified atom stereocenters. The first-order valence-corrected chi connectivity index (χ1v) is 6.11. The predicted octanol–water partition coefficient (Wildman–Crippen LogP) is 2.03. The molecule has 4 nitrogen and oxygen atoms in total. The number of methoxy groups -OCH3 is 1. The summed E-state index contributed by atoms with van der Waals surface area (Å²) in [4.78, 5) is 2.36. The van der Waals surface area contributed by atoms with E-state index in [1.807, 2.05) is 18.2 Å². The van der Waals surface area contributed by atoms with Crippen LogP contribution in [0.2, 0.25) is 0 Å². The van der Waals surface area contributed by atoms with Crippen LogP contribution in [-0.2, 0) is 0 Å². The van der Waals surface area contributed by atoms with Crippen LogP contribution in [-0.4, -0.2) is 38.2 Å². The van der Waals surface area contributed by atoms with Gasteiger partial charge in [0, 0.05) is 13.1 Å². The third-order valence-electron chi connectivity index (χ3n) is 2.92. The summed E-state index contributed by atoms with van der Waals surface area (Å²) in [5.74, 6) is 0.720. The van der Waals surface area contributed by atoms with Gasteiger partial charge in [-0.05, 0) is 25.2 Å². The Morgan fingerprint density at radius 3 is 2.59 bits per heavy atom. The molecular weight excluding hydrogens is 214 g/mol. The predicted molar refractivity (Wildman–Crippen MR) is 73.7 cm³/mol. The lowest BCUT2D eigenvalue weighted by Gasteiger charge is -2.19. The number of para-hydroxylation sites is 1. The fourth-order valence-electron chi connectivity index (χ4n) is 1.76. The summed E-state index contributed by atoms with van der Waals surface area (Å²) in [7, 11) is 1.63. The first-order chi connectivity index (χ1) is 8.22. The number of hydrogen-bond donors (Lipinski definition) is 2. The van der Waals surface area contributed by atoms with Gasteiger partial charge in [0.05, 0.1) is 18.5 Å². The molecule has 1 aromatic carbocycles. The SMILES string of the molecule is CCN(CC)CCNc1cccc(OC)c1N. The summed E-state index contributed by atoms with van der Waals surface area (Å²) < 4.78 is 5.18. The number of benzene rings is 1. The van der Waals surface area contributed by atoms with E-state index in [9.17, 15) is 0 Å². The minimum absolute atomic E-state index is 0.676. The molecule has 1 rings (SSSR count). The lowest BCUT2D eigenvalue weighted by atomic mass is 10.2. The Bertz CT molecular complexity index is 337. The summed E-state index contributed by atoms with van der Waals surface area (Å²) in [6.07, 6.45) is 0. The van der Waals surface area contributed by atoms with Crippen molar-refractivity contribution in [2.24, 2.45) is 0 Å². The first-order valence-electron chi connectivity index (χ1n) is 6.11. The number of rotatable bonds is 7. The van der Waals surface area contributed by atoms with Crippen LogP contribution in [0.5, 0.6) is 5.75 Å². The van der Waals surface area contributed by atoms with Crippen LogP contribution in [0.1, 0.15) is 13.8 Å². The summed E-state index contributed by atoms with van der Waals surface area (Å²) in [6, 6.07) is 5.78. The maximum absolute atomic E-state index is 5.97. The molecule has 0 heterocycles. The number of nitrogens with two attached hydrogens (primary N) is 1. The van der Waals surface area contributed by atoms with Crippen LogP contribution in [0, 0.1) is 0 Å². The average Bonchev–Trinajstić information content (AvgIpc) is 2.36. The molecule has 0 saturated carbocycles. The highest BCUT2D eigenvalue weighted by molar-refractivity contribution is 5.72. The zero-order chi connectivity index (χ0) is 12.7. The normalized spacial score (nSPS) is 10.6. The van der Waals surface area contributed by atoms with E-state index in [2.05, 4.69) is 24.1 Å². The van der Waals surface area contributed by atoms with E-state index in [-0.39, 0.29) is 0 Å². The van der Waals surface area contributed by atoms with E-state index < -0.39 is 0 Å². The van der Waals surface area contributed by atoms with Gasteiger partial charge in [0.15, 0.2) is 0 Å². The summed E-state index contributed by atoms with van der Waals surface area (Å²) in [6.45, 7) is 8.40. The second kappa shape index (κ2) is 7.01. The molecule has 4 heteroatoms. The highest BCUT2D eigenvalue weighted by Gasteiger charge is 2.04. The van der Waals surface area contributed by atoms with E-state index >= 15 is 0 Å². The largest absolute Gasteiger partial charge is 0.495 e. The van der Waals surface area contributed by atoms with Crippen LogP contribution in [0.25, 0.3) is 0 Å². The molecule has 0 aliphatic rings. The van der Waals surface area contributed by atoms with Crippen molar-refractivity contribution >= 4 is 11.4 Å². The molecule has 0 saturated heterocycles. The van der Waals surface area contributed by atoms with Gasteiger partial charge in [-0.3, -0.25) is 0 Å². The molecule has 0 aliphatic carbocycles. The Hall–Kier alpha value is -1.42. The van der Waals surface area contributed by atoms with Crippen molar-refractivity contribution in [2.45, 2.75) is 13.8 Å². The quantitative estimate of drug-likeness (QED) is 0.712. The average molecular weight is 237 g/mol. The van der Waals surface area contributed by atoms with E-state index in [1.54, 1.807) is 7.11 Å². The van der Waals surface area contributed by atoms with Crippen molar-refractivity contribution in [3.8, 4) is 5.75 Å². The molecular formula is C13H23N3O. The number of nitrogen functional groups attached to an aromatic ring is 1. The lowest BCUT2D eigenvalue weighted by molar-refractivity contribution is 0.316. The summed E-state index contributed by atoms with van der Waals surface area (Å²) in [5.41, 5.74) is 7.59. The van der Waals surface area contributed by atoms with Crippen LogP contribution >= 0.6 is 0 Å². The smallest absolute Gasteiger partial charge is 0.143 e. The molecule has 96 valence electrons. The zero-order valence-corrected chi connectivity index (χ0v) is 11.0. The molecule has 0 amide bonds. The fourth-order valence-corrected chi connectivity index (χ4v) is 1.76. The molecule has 0 aromatic heterocycles. The highest BCUT2D eigenvalue weighted by Crippen LogP contribution is 2.28. The van der Waals surface area contributed by atoms with Gasteiger partial charge in [0.25, 0.3) is 0 Å². The number of nitrogens with one attached hydrogen (secondary N) is 1. The molecule has 0 spiro atoms. The van der Waals surface area contributed by atoms with Gasteiger partial charge in [-0.1, -0.05) is 19.9 Å². The van der Waals surface area contributed by atoms with Crippen molar-refractivity contribution in [2.75, 3.05) is 44.3 Å². The molecule has 17 heavy (non-hydrogen) atoms. The number of anilines is 2. The van der Waals surface area contributed by atoms with Crippen LogP contribution in [0.3, 0.4) is 0 Å². The second-order valence-corrected chi connectivity index (χ2v) is 3.88. The Morgan fingerprint density at radius 1 is 1.29 bits per heavy atom. The van der Waals surface area contributed by atoms with Gasteiger partial charge in [-0.15, -0.1) is 0 Å². The lowest BCUT2D eigenvalue weighted by Crippen LogP contribution is -2.28.